The van der Waals surface area contributed by atoms with Gasteiger partial charge in [0.25, 0.3) is 0 Å². The minimum atomic E-state index is -0.391. The zero-order valence-corrected chi connectivity index (χ0v) is 8.60. The fourth-order valence-corrected chi connectivity index (χ4v) is 1.85. The number of nitrogens with zero attached hydrogens (tertiary/aromatic N) is 1. The van der Waals surface area contributed by atoms with Gasteiger partial charge in [0.15, 0.2) is 0 Å². The molecule has 1 aromatic rings. The van der Waals surface area contributed by atoms with Gasteiger partial charge in [0.1, 0.15) is 5.02 Å². The summed E-state index contributed by atoms with van der Waals surface area (Å²) in [6.07, 6.45) is 3.06. The molecule has 1 aliphatic rings. The zero-order valence-electron chi connectivity index (χ0n) is 7.84. The molecule has 1 heterocycles. The van der Waals surface area contributed by atoms with Crippen LogP contribution >= 0.6 is 11.6 Å². The number of pyridine rings is 1. The number of carbonyl (C=O) groups is 1. The summed E-state index contributed by atoms with van der Waals surface area (Å²) in [5.74, 6) is -0.155. The fourth-order valence-electron chi connectivity index (χ4n) is 1.63. The van der Waals surface area contributed by atoms with Crippen LogP contribution in [0.4, 0.5) is 0 Å². The van der Waals surface area contributed by atoms with Gasteiger partial charge in [0, 0.05) is 12.6 Å². The molecule has 2 rings (SSSR count). The minimum absolute atomic E-state index is 0.236. The molecule has 0 radical (unpaired) electrons. The largest absolute Gasteiger partial charge is 0.406 e. The summed E-state index contributed by atoms with van der Waals surface area (Å²) in [5.41, 5.74) is 2.18. The van der Waals surface area contributed by atoms with Gasteiger partial charge in [-0.25, -0.2) is 4.98 Å². The highest BCUT2D eigenvalue weighted by Gasteiger charge is 2.16. The Labute approximate surface area is 87.0 Å². The van der Waals surface area contributed by atoms with E-state index in [9.17, 15) is 4.79 Å². The highest BCUT2D eigenvalue weighted by molar-refractivity contribution is 6.32. The first kappa shape index (κ1) is 9.46. The molecule has 0 amide bonds. The van der Waals surface area contributed by atoms with Gasteiger partial charge in [-0.15, -0.1) is 0 Å². The van der Waals surface area contributed by atoms with Crippen molar-refractivity contribution in [2.75, 3.05) is 0 Å². The number of aryl methyl sites for hydroxylation is 2. The van der Waals surface area contributed by atoms with Gasteiger partial charge in [0.05, 0.1) is 0 Å². The van der Waals surface area contributed by atoms with Crippen LogP contribution in [0.5, 0.6) is 5.88 Å². The Morgan fingerprint density at radius 3 is 3.07 bits per heavy atom. The molecular formula is C10H10ClNO2. The van der Waals surface area contributed by atoms with Crippen molar-refractivity contribution in [1.29, 1.82) is 0 Å². The molecule has 0 aliphatic heterocycles. The molecular weight excluding hydrogens is 202 g/mol. The molecule has 0 fully saturated rings. The molecule has 0 spiro atoms. The van der Waals surface area contributed by atoms with Crippen molar-refractivity contribution in [2.24, 2.45) is 0 Å². The Morgan fingerprint density at radius 1 is 1.57 bits per heavy atom. The Hall–Kier alpha value is -1.09. The summed E-state index contributed by atoms with van der Waals surface area (Å²) in [7, 11) is 0. The number of fused-ring (bicyclic) bond motifs is 1. The lowest BCUT2D eigenvalue weighted by Gasteiger charge is -2.05. The standard InChI is InChI=1S/C10H10ClNO2/c1-6(13)14-10-8(11)5-7-3-2-4-9(7)12-10/h5H,2-4H2,1H3. The number of hydrogen-bond donors (Lipinski definition) is 0. The summed E-state index contributed by atoms with van der Waals surface area (Å²) in [6, 6.07) is 1.84. The van der Waals surface area contributed by atoms with E-state index >= 15 is 0 Å². The van der Waals surface area contributed by atoms with Crippen molar-refractivity contribution in [3.05, 3.63) is 22.3 Å². The fraction of sp³-hybridized carbons (Fsp3) is 0.400. The third kappa shape index (κ3) is 1.73. The van der Waals surface area contributed by atoms with Crippen LogP contribution in [-0.4, -0.2) is 11.0 Å². The van der Waals surface area contributed by atoms with E-state index in [4.69, 9.17) is 16.3 Å². The smallest absolute Gasteiger partial charge is 0.309 e. The first-order chi connectivity index (χ1) is 6.66. The highest BCUT2D eigenvalue weighted by Crippen LogP contribution is 2.29. The number of ether oxygens (including phenoxy) is 1. The van der Waals surface area contributed by atoms with E-state index in [0.717, 1.165) is 25.0 Å². The van der Waals surface area contributed by atoms with Crippen LogP contribution < -0.4 is 4.74 Å². The molecule has 0 saturated heterocycles. The molecule has 0 unspecified atom stereocenters. The average molecular weight is 212 g/mol. The monoisotopic (exact) mass is 211 g/mol. The van der Waals surface area contributed by atoms with Crippen LogP contribution in [0.15, 0.2) is 6.07 Å². The summed E-state index contributed by atoms with van der Waals surface area (Å²) in [5, 5.41) is 0.417. The van der Waals surface area contributed by atoms with Crippen LogP contribution in [0.3, 0.4) is 0 Å². The van der Waals surface area contributed by atoms with Gasteiger partial charge in [-0.1, -0.05) is 11.6 Å². The maximum absolute atomic E-state index is 10.7. The first-order valence-corrected chi connectivity index (χ1v) is 4.91. The molecule has 1 aromatic heterocycles. The second-order valence-corrected chi connectivity index (χ2v) is 3.74. The second-order valence-electron chi connectivity index (χ2n) is 3.33. The Balaban J connectivity index is 2.37. The normalized spacial score (nSPS) is 13.9. The number of halogens is 1. The van der Waals surface area contributed by atoms with E-state index in [2.05, 4.69) is 4.98 Å². The lowest BCUT2D eigenvalue weighted by atomic mass is 10.2. The first-order valence-electron chi connectivity index (χ1n) is 4.53. The van der Waals surface area contributed by atoms with Crippen LogP contribution in [0.1, 0.15) is 24.6 Å². The molecule has 0 saturated carbocycles. The summed E-state index contributed by atoms with van der Waals surface area (Å²) in [6.45, 7) is 1.34. The van der Waals surface area contributed by atoms with Gasteiger partial charge in [-0.3, -0.25) is 4.79 Å². The van der Waals surface area contributed by atoms with Crippen molar-refractivity contribution in [2.45, 2.75) is 26.2 Å². The number of aromatic nitrogens is 1. The molecule has 74 valence electrons. The van der Waals surface area contributed by atoms with Crippen LogP contribution in [-0.2, 0) is 17.6 Å². The topological polar surface area (TPSA) is 39.2 Å². The lowest BCUT2D eigenvalue weighted by Crippen LogP contribution is -2.05. The zero-order chi connectivity index (χ0) is 10.1. The molecule has 3 nitrogen and oxygen atoms in total. The summed E-state index contributed by atoms with van der Waals surface area (Å²) >= 11 is 5.91. The number of rotatable bonds is 1. The number of esters is 1. The van der Waals surface area contributed by atoms with Crippen LogP contribution in [0.25, 0.3) is 0 Å². The van der Waals surface area contributed by atoms with Crippen molar-refractivity contribution >= 4 is 17.6 Å². The van der Waals surface area contributed by atoms with E-state index < -0.39 is 5.97 Å². The summed E-state index contributed by atoms with van der Waals surface area (Å²) < 4.78 is 4.89. The van der Waals surface area contributed by atoms with E-state index in [1.165, 1.54) is 12.5 Å². The second kappa shape index (κ2) is 3.58. The van der Waals surface area contributed by atoms with E-state index in [1.54, 1.807) is 0 Å². The van der Waals surface area contributed by atoms with Crippen molar-refractivity contribution in [3.8, 4) is 5.88 Å². The SMILES string of the molecule is CC(=O)Oc1nc2c(cc1Cl)CCC2. The molecule has 4 heteroatoms. The van der Waals surface area contributed by atoms with Gasteiger partial charge in [0.2, 0.25) is 5.88 Å². The van der Waals surface area contributed by atoms with Crippen LogP contribution in [0.2, 0.25) is 5.02 Å². The van der Waals surface area contributed by atoms with Gasteiger partial charge in [-0.2, -0.15) is 0 Å². The van der Waals surface area contributed by atoms with Gasteiger partial charge in [-0.05, 0) is 30.9 Å². The van der Waals surface area contributed by atoms with E-state index in [1.807, 2.05) is 6.07 Å². The van der Waals surface area contributed by atoms with Crippen molar-refractivity contribution < 1.29 is 9.53 Å². The molecule has 1 aliphatic carbocycles. The maximum Gasteiger partial charge on any atom is 0.309 e. The quantitative estimate of drug-likeness (QED) is 0.669. The van der Waals surface area contributed by atoms with E-state index in [0.29, 0.717) is 5.02 Å². The minimum Gasteiger partial charge on any atom is -0.406 e. The lowest BCUT2D eigenvalue weighted by molar-refractivity contribution is -0.132. The predicted molar refractivity (Wildman–Crippen MR) is 52.6 cm³/mol. The summed E-state index contributed by atoms with van der Waals surface area (Å²) in [4.78, 5) is 15.0. The van der Waals surface area contributed by atoms with Crippen molar-refractivity contribution in [1.82, 2.24) is 4.98 Å². The van der Waals surface area contributed by atoms with E-state index in [-0.39, 0.29) is 5.88 Å². The van der Waals surface area contributed by atoms with Gasteiger partial charge >= 0.3 is 5.97 Å². The Kier molecular flexibility index (Phi) is 2.42. The number of carbonyl (C=O) groups excluding carboxylic acids is 1. The highest BCUT2D eigenvalue weighted by atomic mass is 35.5. The maximum atomic E-state index is 10.7. The Bertz CT molecular complexity index is 390. The molecule has 0 bridgehead atoms. The third-order valence-electron chi connectivity index (χ3n) is 2.21. The predicted octanol–water partition coefficient (Wildman–Crippen LogP) is 2.15. The Morgan fingerprint density at radius 2 is 2.36 bits per heavy atom. The molecule has 0 atom stereocenters. The number of hydrogen-bond acceptors (Lipinski definition) is 3. The van der Waals surface area contributed by atoms with Crippen molar-refractivity contribution in [3.63, 3.8) is 0 Å². The third-order valence-corrected chi connectivity index (χ3v) is 2.48. The molecule has 0 aromatic carbocycles. The van der Waals surface area contributed by atoms with Gasteiger partial charge < -0.3 is 4.74 Å². The van der Waals surface area contributed by atoms with Crippen LogP contribution in [0, 0.1) is 0 Å². The molecule has 14 heavy (non-hydrogen) atoms. The molecule has 0 N–H and O–H groups in total. The average Bonchev–Trinajstić information content (AvgIpc) is 2.51.